The van der Waals surface area contributed by atoms with Gasteiger partial charge < -0.3 is 19.7 Å². The standard InChI is InChI=1S/C28H40O5/c1-6-9-26-22(5)25(30)18-27(33-26)24(29)12-7-10-19(2)16-21(4)17-20(3)14-15-23-11-8-13-28(31)32-23/h6-10,12-15,17,21-27,29-30H,11,16,18H2,1-5H3/b9-6+,12-7+,15-14+,19-10+,20-17-/t21-,22-,23-,24+,25+,26-,27-/m1/s1. The van der Waals surface area contributed by atoms with Gasteiger partial charge in [0.15, 0.2) is 0 Å². The summed E-state index contributed by atoms with van der Waals surface area (Å²) < 4.78 is 11.2. The van der Waals surface area contributed by atoms with E-state index in [1.165, 1.54) is 11.6 Å². The van der Waals surface area contributed by atoms with E-state index in [-0.39, 0.29) is 24.1 Å². The second-order valence-electron chi connectivity index (χ2n) is 9.28. The minimum Gasteiger partial charge on any atom is -0.455 e. The number of ether oxygens (including phenoxy) is 2. The maximum absolute atomic E-state index is 11.3. The highest BCUT2D eigenvalue weighted by Crippen LogP contribution is 2.28. The van der Waals surface area contributed by atoms with Gasteiger partial charge in [-0.05, 0) is 39.2 Å². The van der Waals surface area contributed by atoms with Gasteiger partial charge in [0.1, 0.15) is 6.10 Å². The minimum atomic E-state index is -0.766. The molecule has 0 saturated carbocycles. The van der Waals surface area contributed by atoms with Crippen molar-refractivity contribution in [3.63, 3.8) is 0 Å². The van der Waals surface area contributed by atoms with Crippen LogP contribution in [0.15, 0.2) is 71.9 Å². The Morgan fingerprint density at radius 2 is 2.06 bits per heavy atom. The molecule has 33 heavy (non-hydrogen) atoms. The van der Waals surface area contributed by atoms with E-state index in [0.717, 1.165) is 12.0 Å². The lowest BCUT2D eigenvalue weighted by molar-refractivity contribution is -0.141. The number of rotatable bonds is 9. The molecule has 0 aromatic rings. The van der Waals surface area contributed by atoms with Crippen LogP contribution in [0.3, 0.4) is 0 Å². The van der Waals surface area contributed by atoms with Crippen molar-refractivity contribution in [2.45, 2.75) is 84.4 Å². The van der Waals surface area contributed by atoms with Crippen molar-refractivity contribution in [1.82, 2.24) is 0 Å². The SMILES string of the molecule is C/C=C/[C@H]1O[C@@H]([C@@H](O)/C=C/C=C(\C)C[C@@H](C)/C=C(C)\C=C\[C@H]2CC=CC(=O)O2)C[C@H](O)[C@H]1C. The van der Waals surface area contributed by atoms with Crippen LogP contribution >= 0.6 is 0 Å². The van der Waals surface area contributed by atoms with Gasteiger partial charge in [0.2, 0.25) is 0 Å². The van der Waals surface area contributed by atoms with Crippen LogP contribution < -0.4 is 0 Å². The van der Waals surface area contributed by atoms with E-state index in [1.807, 2.05) is 63.3 Å². The number of hydrogen-bond acceptors (Lipinski definition) is 5. The molecule has 0 amide bonds. The molecule has 0 unspecified atom stereocenters. The summed E-state index contributed by atoms with van der Waals surface area (Å²) in [5.41, 5.74) is 2.33. The van der Waals surface area contributed by atoms with Crippen molar-refractivity contribution in [3.05, 3.63) is 71.9 Å². The molecule has 2 aliphatic heterocycles. The number of carbonyl (C=O) groups is 1. The van der Waals surface area contributed by atoms with E-state index in [9.17, 15) is 15.0 Å². The van der Waals surface area contributed by atoms with Crippen LogP contribution in [0.5, 0.6) is 0 Å². The van der Waals surface area contributed by atoms with Crippen molar-refractivity contribution in [2.75, 3.05) is 0 Å². The number of hydrogen-bond donors (Lipinski definition) is 2. The maximum Gasteiger partial charge on any atom is 0.331 e. The van der Waals surface area contributed by atoms with Crippen molar-refractivity contribution in [3.8, 4) is 0 Å². The summed E-state index contributed by atoms with van der Waals surface area (Å²) in [6.45, 7) is 10.2. The first-order chi connectivity index (χ1) is 15.7. The van der Waals surface area contributed by atoms with Gasteiger partial charge in [-0.3, -0.25) is 0 Å². The normalized spacial score (nSPS) is 31.5. The molecule has 2 aliphatic rings. The number of aliphatic hydroxyl groups excluding tert-OH is 2. The lowest BCUT2D eigenvalue weighted by Crippen LogP contribution is -2.46. The predicted octanol–water partition coefficient (Wildman–Crippen LogP) is 4.98. The average Bonchev–Trinajstić information content (AvgIpc) is 2.75. The van der Waals surface area contributed by atoms with Gasteiger partial charge in [0, 0.05) is 24.8 Å². The van der Waals surface area contributed by atoms with Gasteiger partial charge in [-0.15, -0.1) is 0 Å². The summed E-state index contributed by atoms with van der Waals surface area (Å²) in [6.07, 6.45) is 18.9. The molecule has 0 aliphatic carbocycles. The minimum absolute atomic E-state index is 0.0122. The van der Waals surface area contributed by atoms with Crippen molar-refractivity contribution < 1.29 is 24.5 Å². The summed E-state index contributed by atoms with van der Waals surface area (Å²) >= 11 is 0. The molecule has 1 fully saturated rings. The Bertz CT molecular complexity index is 816. The van der Waals surface area contributed by atoms with Crippen molar-refractivity contribution in [2.24, 2.45) is 11.8 Å². The molecule has 0 spiro atoms. The number of allylic oxidation sites excluding steroid dienone is 7. The zero-order valence-corrected chi connectivity index (χ0v) is 20.6. The van der Waals surface area contributed by atoms with Crippen LogP contribution in [0, 0.1) is 11.8 Å². The summed E-state index contributed by atoms with van der Waals surface area (Å²) in [6, 6.07) is 0. The van der Waals surface area contributed by atoms with Crippen LogP contribution in [-0.2, 0) is 14.3 Å². The van der Waals surface area contributed by atoms with Crippen molar-refractivity contribution in [1.29, 1.82) is 0 Å². The van der Waals surface area contributed by atoms with Crippen molar-refractivity contribution >= 4 is 5.97 Å². The number of carbonyl (C=O) groups excluding carboxylic acids is 1. The molecule has 5 nitrogen and oxygen atoms in total. The molecular weight excluding hydrogens is 416 g/mol. The maximum atomic E-state index is 11.3. The summed E-state index contributed by atoms with van der Waals surface area (Å²) in [7, 11) is 0. The molecule has 0 aromatic carbocycles. The lowest BCUT2D eigenvalue weighted by Gasteiger charge is -2.38. The molecule has 182 valence electrons. The number of esters is 1. The Morgan fingerprint density at radius 3 is 2.76 bits per heavy atom. The molecule has 0 aromatic heterocycles. The Balaban J connectivity index is 1.85. The fraction of sp³-hybridized carbons (Fsp3) is 0.536. The smallest absolute Gasteiger partial charge is 0.331 e. The fourth-order valence-corrected chi connectivity index (χ4v) is 4.19. The summed E-state index contributed by atoms with van der Waals surface area (Å²) in [4.78, 5) is 11.3. The van der Waals surface area contributed by atoms with Crippen LogP contribution in [0.4, 0.5) is 0 Å². The molecule has 0 bridgehead atoms. The van der Waals surface area contributed by atoms with Gasteiger partial charge in [0.05, 0.1) is 24.4 Å². The Hall–Kier alpha value is -2.21. The van der Waals surface area contributed by atoms with E-state index in [0.29, 0.717) is 18.8 Å². The van der Waals surface area contributed by atoms with Gasteiger partial charge >= 0.3 is 5.97 Å². The second-order valence-corrected chi connectivity index (χ2v) is 9.28. The quantitative estimate of drug-likeness (QED) is 0.291. The van der Waals surface area contributed by atoms with E-state index < -0.39 is 18.3 Å². The second kappa shape index (κ2) is 13.5. The van der Waals surface area contributed by atoms with Gasteiger partial charge in [-0.1, -0.05) is 73.6 Å². The summed E-state index contributed by atoms with van der Waals surface area (Å²) in [5.74, 6) is 0.0688. The molecule has 2 heterocycles. The fourth-order valence-electron chi connectivity index (χ4n) is 4.19. The Morgan fingerprint density at radius 1 is 1.30 bits per heavy atom. The third-order valence-electron chi connectivity index (χ3n) is 6.04. The van der Waals surface area contributed by atoms with Crippen LogP contribution in [0.25, 0.3) is 0 Å². The molecular formula is C28H40O5. The zero-order chi connectivity index (χ0) is 24.4. The van der Waals surface area contributed by atoms with Gasteiger partial charge in [0.25, 0.3) is 0 Å². The largest absolute Gasteiger partial charge is 0.455 e. The average molecular weight is 457 g/mol. The van der Waals surface area contributed by atoms with E-state index in [2.05, 4.69) is 19.9 Å². The van der Waals surface area contributed by atoms with Gasteiger partial charge in [-0.2, -0.15) is 0 Å². The topological polar surface area (TPSA) is 76.0 Å². The molecule has 2 N–H and O–H groups in total. The van der Waals surface area contributed by atoms with Gasteiger partial charge in [-0.25, -0.2) is 4.79 Å². The Kier molecular flexibility index (Phi) is 11.0. The van der Waals surface area contributed by atoms with E-state index in [4.69, 9.17) is 9.47 Å². The van der Waals surface area contributed by atoms with Crippen LogP contribution in [0.1, 0.15) is 53.9 Å². The Labute approximate surface area is 198 Å². The highest BCUT2D eigenvalue weighted by Gasteiger charge is 2.35. The zero-order valence-electron chi connectivity index (χ0n) is 20.6. The number of aliphatic hydroxyl groups is 2. The monoisotopic (exact) mass is 456 g/mol. The van der Waals surface area contributed by atoms with E-state index >= 15 is 0 Å². The van der Waals surface area contributed by atoms with E-state index in [1.54, 1.807) is 6.08 Å². The molecule has 5 heteroatoms. The summed E-state index contributed by atoms with van der Waals surface area (Å²) in [5, 5.41) is 20.8. The number of cyclic esters (lactones) is 1. The highest BCUT2D eigenvalue weighted by atomic mass is 16.5. The first-order valence-electron chi connectivity index (χ1n) is 11.9. The lowest BCUT2D eigenvalue weighted by atomic mass is 9.88. The first kappa shape index (κ1) is 27.0. The molecule has 1 saturated heterocycles. The van der Waals surface area contributed by atoms with Crippen LogP contribution in [-0.4, -0.2) is 46.7 Å². The molecule has 7 atom stereocenters. The first-order valence-corrected chi connectivity index (χ1v) is 11.9. The molecule has 2 rings (SSSR count). The third-order valence-corrected chi connectivity index (χ3v) is 6.04. The molecule has 0 radical (unpaired) electrons. The third kappa shape index (κ3) is 9.28. The predicted molar refractivity (Wildman–Crippen MR) is 132 cm³/mol. The highest BCUT2D eigenvalue weighted by molar-refractivity contribution is 5.82. The van der Waals surface area contributed by atoms with Crippen LogP contribution in [0.2, 0.25) is 0 Å².